The van der Waals surface area contributed by atoms with Crippen LogP contribution in [-0.2, 0) is 6.54 Å². The number of thiazole rings is 1. The summed E-state index contributed by atoms with van der Waals surface area (Å²) in [5.74, 6) is 0. The predicted octanol–water partition coefficient (Wildman–Crippen LogP) is 2.27. The van der Waals surface area contributed by atoms with Gasteiger partial charge in [0.05, 0.1) is 0 Å². The molecule has 0 spiro atoms. The lowest BCUT2D eigenvalue weighted by atomic mass is 10.3. The molecule has 16 heavy (non-hydrogen) atoms. The molecule has 0 aliphatic carbocycles. The van der Waals surface area contributed by atoms with Gasteiger partial charge < -0.3 is 10.2 Å². The SMILES string of the molecule is Cc1csc(CNCCCN(C)C(C)C)n1. The minimum absolute atomic E-state index is 0.640. The van der Waals surface area contributed by atoms with Gasteiger partial charge in [-0.3, -0.25) is 0 Å². The average Bonchev–Trinajstić information content (AvgIpc) is 2.63. The van der Waals surface area contributed by atoms with Gasteiger partial charge in [-0.1, -0.05) is 0 Å². The second kappa shape index (κ2) is 6.99. The van der Waals surface area contributed by atoms with Crippen molar-refractivity contribution in [3.63, 3.8) is 0 Å². The normalized spacial score (nSPS) is 11.6. The largest absolute Gasteiger partial charge is 0.310 e. The van der Waals surface area contributed by atoms with Crippen LogP contribution in [0.5, 0.6) is 0 Å². The quantitative estimate of drug-likeness (QED) is 0.742. The second-order valence-corrected chi connectivity index (χ2v) is 5.43. The monoisotopic (exact) mass is 241 g/mol. The molecule has 0 atom stereocenters. The van der Waals surface area contributed by atoms with Gasteiger partial charge in [-0.05, 0) is 47.3 Å². The number of rotatable bonds is 7. The van der Waals surface area contributed by atoms with Crippen molar-refractivity contribution in [1.29, 1.82) is 0 Å². The van der Waals surface area contributed by atoms with Crippen molar-refractivity contribution in [2.75, 3.05) is 20.1 Å². The van der Waals surface area contributed by atoms with Crippen LogP contribution in [0.2, 0.25) is 0 Å². The molecule has 0 aliphatic heterocycles. The van der Waals surface area contributed by atoms with Crippen LogP contribution in [0, 0.1) is 6.92 Å². The molecule has 0 fully saturated rings. The lowest BCUT2D eigenvalue weighted by molar-refractivity contribution is 0.269. The molecular weight excluding hydrogens is 218 g/mol. The van der Waals surface area contributed by atoms with E-state index in [4.69, 9.17) is 0 Å². The number of aryl methyl sites for hydroxylation is 1. The number of hydrogen-bond acceptors (Lipinski definition) is 4. The third kappa shape index (κ3) is 5.05. The minimum atomic E-state index is 0.640. The molecule has 4 heteroatoms. The maximum atomic E-state index is 4.42. The van der Waals surface area contributed by atoms with E-state index >= 15 is 0 Å². The molecule has 0 amide bonds. The van der Waals surface area contributed by atoms with Crippen molar-refractivity contribution in [2.24, 2.45) is 0 Å². The van der Waals surface area contributed by atoms with Crippen molar-refractivity contribution in [2.45, 2.75) is 39.8 Å². The Morgan fingerprint density at radius 3 is 2.81 bits per heavy atom. The molecule has 1 heterocycles. The molecule has 92 valence electrons. The van der Waals surface area contributed by atoms with Crippen molar-refractivity contribution >= 4 is 11.3 Å². The van der Waals surface area contributed by atoms with Crippen molar-refractivity contribution in [3.05, 3.63) is 16.1 Å². The Morgan fingerprint density at radius 1 is 1.50 bits per heavy atom. The van der Waals surface area contributed by atoms with Crippen LogP contribution in [0.3, 0.4) is 0 Å². The van der Waals surface area contributed by atoms with Crippen LogP contribution >= 0.6 is 11.3 Å². The molecule has 0 bridgehead atoms. The molecular formula is C12H23N3S. The lowest BCUT2D eigenvalue weighted by Crippen LogP contribution is -2.29. The van der Waals surface area contributed by atoms with Crippen LogP contribution in [0.4, 0.5) is 0 Å². The zero-order valence-corrected chi connectivity index (χ0v) is 11.6. The molecule has 0 radical (unpaired) electrons. The van der Waals surface area contributed by atoms with E-state index in [9.17, 15) is 0 Å². The predicted molar refractivity (Wildman–Crippen MR) is 70.9 cm³/mol. The van der Waals surface area contributed by atoms with Crippen LogP contribution in [0.15, 0.2) is 5.38 Å². The van der Waals surface area contributed by atoms with Gasteiger partial charge in [0.2, 0.25) is 0 Å². The molecule has 0 saturated heterocycles. The Labute approximate surface area is 103 Å². The summed E-state index contributed by atoms with van der Waals surface area (Å²) in [6.07, 6.45) is 1.19. The van der Waals surface area contributed by atoms with Gasteiger partial charge in [0.1, 0.15) is 5.01 Å². The average molecular weight is 241 g/mol. The molecule has 1 N–H and O–H groups in total. The summed E-state index contributed by atoms with van der Waals surface area (Å²) in [5.41, 5.74) is 1.13. The van der Waals surface area contributed by atoms with Crippen molar-refractivity contribution < 1.29 is 0 Å². The molecule has 1 rings (SSSR count). The van der Waals surface area contributed by atoms with E-state index in [1.807, 2.05) is 6.92 Å². The highest BCUT2D eigenvalue weighted by atomic mass is 32.1. The van der Waals surface area contributed by atoms with Crippen molar-refractivity contribution in [1.82, 2.24) is 15.2 Å². The van der Waals surface area contributed by atoms with Gasteiger partial charge >= 0.3 is 0 Å². The molecule has 0 unspecified atom stereocenters. The van der Waals surface area contributed by atoms with E-state index in [2.05, 4.69) is 41.5 Å². The van der Waals surface area contributed by atoms with Crippen LogP contribution in [0.25, 0.3) is 0 Å². The number of nitrogens with one attached hydrogen (secondary N) is 1. The molecule has 3 nitrogen and oxygen atoms in total. The van der Waals surface area contributed by atoms with Crippen molar-refractivity contribution in [3.8, 4) is 0 Å². The van der Waals surface area contributed by atoms with Gasteiger partial charge in [0.15, 0.2) is 0 Å². The van der Waals surface area contributed by atoms with Gasteiger partial charge in [0, 0.05) is 23.7 Å². The Kier molecular flexibility index (Phi) is 5.95. The lowest BCUT2D eigenvalue weighted by Gasteiger charge is -2.20. The Hall–Kier alpha value is -0.450. The third-order valence-electron chi connectivity index (χ3n) is 2.69. The summed E-state index contributed by atoms with van der Waals surface area (Å²) in [4.78, 5) is 6.79. The van der Waals surface area contributed by atoms with Crippen LogP contribution in [-0.4, -0.2) is 36.1 Å². The summed E-state index contributed by atoms with van der Waals surface area (Å²) in [6.45, 7) is 9.62. The summed E-state index contributed by atoms with van der Waals surface area (Å²) >= 11 is 1.73. The zero-order chi connectivity index (χ0) is 12.0. The fourth-order valence-electron chi connectivity index (χ4n) is 1.39. The molecule has 1 aromatic rings. The van der Waals surface area contributed by atoms with E-state index in [1.54, 1.807) is 11.3 Å². The highest BCUT2D eigenvalue weighted by Crippen LogP contribution is 2.07. The van der Waals surface area contributed by atoms with Gasteiger partial charge in [0.25, 0.3) is 0 Å². The van der Waals surface area contributed by atoms with E-state index in [0.29, 0.717) is 6.04 Å². The molecule has 0 saturated carbocycles. The molecule has 1 aromatic heterocycles. The van der Waals surface area contributed by atoms with E-state index < -0.39 is 0 Å². The Morgan fingerprint density at radius 2 is 2.25 bits per heavy atom. The first kappa shape index (κ1) is 13.6. The van der Waals surface area contributed by atoms with Gasteiger partial charge in [-0.2, -0.15) is 0 Å². The van der Waals surface area contributed by atoms with E-state index in [0.717, 1.165) is 25.3 Å². The highest BCUT2D eigenvalue weighted by molar-refractivity contribution is 7.09. The van der Waals surface area contributed by atoms with E-state index in [-0.39, 0.29) is 0 Å². The highest BCUT2D eigenvalue weighted by Gasteiger charge is 2.02. The Balaban J connectivity index is 2.04. The fraction of sp³-hybridized carbons (Fsp3) is 0.750. The first-order valence-electron chi connectivity index (χ1n) is 5.91. The number of aromatic nitrogens is 1. The van der Waals surface area contributed by atoms with Crippen LogP contribution in [0.1, 0.15) is 31.0 Å². The first-order valence-corrected chi connectivity index (χ1v) is 6.79. The number of nitrogens with zero attached hydrogens (tertiary/aromatic N) is 2. The molecule has 0 aliphatic rings. The third-order valence-corrected chi connectivity index (χ3v) is 3.66. The zero-order valence-electron chi connectivity index (χ0n) is 10.8. The maximum Gasteiger partial charge on any atom is 0.107 e. The summed E-state index contributed by atoms with van der Waals surface area (Å²) in [5, 5.41) is 6.72. The Bertz CT molecular complexity index is 296. The number of hydrogen-bond donors (Lipinski definition) is 1. The first-order chi connectivity index (χ1) is 7.59. The fourth-order valence-corrected chi connectivity index (χ4v) is 2.13. The van der Waals surface area contributed by atoms with Crippen LogP contribution < -0.4 is 5.32 Å². The topological polar surface area (TPSA) is 28.2 Å². The minimum Gasteiger partial charge on any atom is -0.310 e. The van der Waals surface area contributed by atoms with Gasteiger partial charge in [-0.25, -0.2) is 4.98 Å². The maximum absolute atomic E-state index is 4.42. The summed E-state index contributed by atoms with van der Waals surface area (Å²) in [6, 6.07) is 0.640. The second-order valence-electron chi connectivity index (χ2n) is 4.49. The molecule has 0 aromatic carbocycles. The van der Waals surface area contributed by atoms with E-state index in [1.165, 1.54) is 11.4 Å². The standard InChI is InChI=1S/C12H23N3S/c1-10(2)15(4)7-5-6-13-8-12-14-11(3)9-16-12/h9-10,13H,5-8H2,1-4H3. The summed E-state index contributed by atoms with van der Waals surface area (Å²) < 4.78 is 0. The smallest absolute Gasteiger partial charge is 0.107 e. The van der Waals surface area contributed by atoms with Gasteiger partial charge in [-0.15, -0.1) is 11.3 Å². The summed E-state index contributed by atoms with van der Waals surface area (Å²) in [7, 11) is 2.18.